The molecule has 0 saturated carbocycles. The number of primary amides is 1. The Kier molecular flexibility index (Phi) is 5.75. The largest absolute Gasteiger partial charge is 0.398 e. The van der Waals surface area contributed by atoms with Crippen LogP contribution in [0.2, 0.25) is 5.02 Å². The summed E-state index contributed by atoms with van der Waals surface area (Å²) in [6.07, 6.45) is 0. The maximum atomic E-state index is 12.0. The first-order chi connectivity index (χ1) is 9.24. The molecule has 5 N–H and O–H groups in total. The molecule has 7 nitrogen and oxygen atoms in total. The predicted molar refractivity (Wildman–Crippen MR) is 75.8 cm³/mol. The van der Waals surface area contributed by atoms with Crippen molar-refractivity contribution in [3.05, 3.63) is 22.7 Å². The van der Waals surface area contributed by atoms with Crippen molar-refractivity contribution in [1.82, 2.24) is 4.72 Å². The molecule has 0 spiro atoms. The fourth-order valence-electron chi connectivity index (χ4n) is 1.37. The van der Waals surface area contributed by atoms with Gasteiger partial charge >= 0.3 is 0 Å². The number of nitrogens with two attached hydrogens (primary N) is 2. The number of halogens is 1. The molecule has 0 aromatic heterocycles. The predicted octanol–water partition coefficient (Wildman–Crippen LogP) is 0.0108. The lowest BCUT2D eigenvalue weighted by Crippen LogP contribution is -2.29. The molecule has 1 amide bonds. The number of hydrogen-bond donors (Lipinski definition) is 3. The van der Waals surface area contributed by atoms with E-state index in [2.05, 4.69) is 4.72 Å². The Morgan fingerprint density at radius 3 is 2.70 bits per heavy atom. The Morgan fingerprint density at radius 2 is 2.10 bits per heavy atom. The number of sulfonamides is 1. The number of anilines is 1. The van der Waals surface area contributed by atoms with Crippen LogP contribution in [0.25, 0.3) is 0 Å². The van der Waals surface area contributed by atoms with Gasteiger partial charge in [0.1, 0.15) is 11.5 Å². The average molecular weight is 322 g/mol. The number of benzene rings is 1. The Morgan fingerprint density at radius 1 is 1.45 bits per heavy atom. The first-order valence-corrected chi connectivity index (χ1v) is 7.51. The van der Waals surface area contributed by atoms with Crippen LogP contribution >= 0.6 is 11.6 Å². The van der Waals surface area contributed by atoms with Gasteiger partial charge in [-0.25, -0.2) is 13.1 Å². The zero-order valence-electron chi connectivity index (χ0n) is 10.8. The number of carbonyl (C=O) groups excluding carboxylic acids is 1. The lowest BCUT2D eigenvalue weighted by atomic mass is 10.2. The molecule has 9 heteroatoms. The minimum atomic E-state index is -3.79. The van der Waals surface area contributed by atoms with Gasteiger partial charge in [-0.1, -0.05) is 11.6 Å². The minimum absolute atomic E-state index is 0.0142. The Labute approximate surface area is 122 Å². The summed E-state index contributed by atoms with van der Waals surface area (Å²) in [4.78, 5) is 10.3. The van der Waals surface area contributed by atoms with Gasteiger partial charge in [0.2, 0.25) is 15.9 Å². The topological polar surface area (TPSA) is 125 Å². The van der Waals surface area contributed by atoms with Crippen molar-refractivity contribution in [2.75, 3.05) is 25.5 Å². The van der Waals surface area contributed by atoms with E-state index in [1.165, 1.54) is 12.1 Å². The highest BCUT2D eigenvalue weighted by Gasteiger charge is 2.18. The van der Waals surface area contributed by atoms with Crippen molar-refractivity contribution >= 4 is 33.2 Å². The fraction of sp³-hybridized carbons (Fsp3) is 0.364. The second-order valence-electron chi connectivity index (χ2n) is 4.06. The van der Waals surface area contributed by atoms with Crippen molar-refractivity contribution in [1.29, 1.82) is 0 Å². The van der Waals surface area contributed by atoms with Gasteiger partial charge in [-0.2, -0.15) is 0 Å². The second-order valence-corrected chi connectivity index (χ2v) is 6.20. The number of carbonyl (C=O) groups is 1. The zero-order valence-corrected chi connectivity index (χ0v) is 12.4. The molecule has 0 aliphatic heterocycles. The summed E-state index contributed by atoms with van der Waals surface area (Å²) in [5, 5.41) is 0.0854. The maximum absolute atomic E-state index is 12.0. The van der Waals surface area contributed by atoms with E-state index in [4.69, 9.17) is 27.8 Å². The Bertz CT molecular complexity index is 604. The molecule has 0 fully saturated rings. The van der Waals surface area contributed by atoms with Crippen LogP contribution < -0.4 is 16.2 Å². The van der Waals surface area contributed by atoms with Crippen molar-refractivity contribution < 1.29 is 17.9 Å². The molecule has 1 aromatic rings. The van der Waals surface area contributed by atoms with Gasteiger partial charge in [-0.05, 0) is 24.6 Å². The van der Waals surface area contributed by atoms with Crippen molar-refractivity contribution in [2.24, 2.45) is 5.73 Å². The molecule has 0 heterocycles. The quantitative estimate of drug-likeness (QED) is 0.482. The monoisotopic (exact) mass is 321 g/mol. The van der Waals surface area contributed by atoms with E-state index in [1.807, 2.05) is 0 Å². The van der Waals surface area contributed by atoms with Gasteiger partial charge < -0.3 is 16.2 Å². The van der Waals surface area contributed by atoms with E-state index in [-0.39, 0.29) is 29.7 Å². The van der Waals surface area contributed by atoms with Crippen LogP contribution in [0.5, 0.6) is 0 Å². The highest BCUT2D eigenvalue weighted by atomic mass is 35.5. The summed E-state index contributed by atoms with van der Waals surface area (Å²) in [5.74, 6) is -0.623. The van der Waals surface area contributed by atoms with E-state index in [0.717, 1.165) is 0 Å². The van der Waals surface area contributed by atoms with Crippen molar-refractivity contribution in [3.8, 4) is 0 Å². The van der Waals surface area contributed by atoms with E-state index in [1.54, 1.807) is 6.92 Å². The van der Waals surface area contributed by atoms with E-state index in [0.29, 0.717) is 11.3 Å². The number of ether oxygens (including phenoxy) is 1. The molecule has 0 atom stereocenters. The number of hydrogen-bond acceptors (Lipinski definition) is 5. The van der Waals surface area contributed by atoms with Crippen LogP contribution in [0.4, 0.5) is 5.69 Å². The highest BCUT2D eigenvalue weighted by Crippen LogP contribution is 2.26. The molecular formula is C11H16ClN3O4S. The van der Waals surface area contributed by atoms with E-state index < -0.39 is 15.9 Å². The first kappa shape index (κ1) is 16.7. The normalized spacial score (nSPS) is 11.5. The minimum Gasteiger partial charge on any atom is -0.398 e. The molecule has 112 valence electrons. The van der Waals surface area contributed by atoms with E-state index >= 15 is 0 Å². The molecule has 0 aliphatic rings. The molecule has 1 rings (SSSR count). The van der Waals surface area contributed by atoms with Crippen LogP contribution in [0.3, 0.4) is 0 Å². The maximum Gasteiger partial charge on any atom is 0.243 e. The van der Waals surface area contributed by atoms with Crippen LogP contribution in [0.15, 0.2) is 17.0 Å². The third-order valence-corrected chi connectivity index (χ3v) is 4.32. The summed E-state index contributed by atoms with van der Waals surface area (Å²) in [6, 6.07) is 2.78. The van der Waals surface area contributed by atoms with Gasteiger partial charge in [0.15, 0.2) is 0 Å². The number of rotatable bonds is 7. The summed E-state index contributed by atoms with van der Waals surface area (Å²) < 4.78 is 31.2. The van der Waals surface area contributed by atoms with Crippen LogP contribution in [-0.4, -0.2) is 34.1 Å². The van der Waals surface area contributed by atoms with Crippen LogP contribution in [0.1, 0.15) is 5.56 Å². The Balaban J connectivity index is 2.70. The van der Waals surface area contributed by atoms with Crippen molar-refractivity contribution in [2.45, 2.75) is 11.8 Å². The van der Waals surface area contributed by atoms with Gasteiger partial charge in [0.05, 0.1) is 11.6 Å². The SMILES string of the molecule is Cc1cc(Cl)c(S(=O)(=O)NCCOCC(N)=O)cc1N. The summed E-state index contributed by atoms with van der Waals surface area (Å²) in [5.41, 5.74) is 11.6. The van der Waals surface area contributed by atoms with Crippen molar-refractivity contribution in [3.63, 3.8) is 0 Å². The first-order valence-electron chi connectivity index (χ1n) is 5.65. The summed E-state index contributed by atoms with van der Waals surface area (Å²) in [6.45, 7) is 1.46. The van der Waals surface area contributed by atoms with Gasteiger partial charge in [0, 0.05) is 12.2 Å². The highest BCUT2D eigenvalue weighted by molar-refractivity contribution is 7.89. The smallest absolute Gasteiger partial charge is 0.243 e. The molecule has 1 aromatic carbocycles. The molecule has 0 radical (unpaired) electrons. The molecule has 0 bridgehead atoms. The fourth-order valence-corrected chi connectivity index (χ4v) is 3.00. The molecular weight excluding hydrogens is 306 g/mol. The summed E-state index contributed by atoms with van der Waals surface area (Å²) >= 11 is 5.90. The van der Waals surface area contributed by atoms with E-state index in [9.17, 15) is 13.2 Å². The Hall–Kier alpha value is -1.35. The third-order valence-electron chi connectivity index (χ3n) is 2.39. The average Bonchev–Trinajstić information content (AvgIpc) is 2.32. The lowest BCUT2D eigenvalue weighted by Gasteiger charge is -2.10. The van der Waals surface area contributed by atoms with Crippen LogP contribution in [0, 0.1) is 6.92 Å². The second kappa shape index (κ2) is 6.89. The molecule has 20 heavy (non-hydrogen) atoms. The lowest BCUT2D eigenvalue weighted by molar-refractivity contribution is -0.122. The standard InChI is InChI=1S/C11H16ClN3O4S/c1-7-4-8(12)10(5-9(7)13)20(17,18)15-2-3-19-6-11(14)16/h4-5,15H,2-3,6,13H2,1H3,(H2,14,16). The molecule has 0 unspecified atom stereocenters. The van der Waals surface area contributed by atoms with Gasteiger partial charge in [0.25, 0.3) is 0 Å². The third kappa shape index (κ3) is 4.64. The van der Waals surface area contributed by atoms with Gasteiger partial charge in [-0.3, -0.25) is 4.79 Å². The molecule has 0 saturated heterocycles. The summed E-state index contributed by atoms with van der Waals surface area (Å²) in [7, 11) is -3.79. The number of amides is 1. The van der Waals surface area contributed by atoms with Crippen LogP contribution in [-0.2, 0) is 19.6 Å². The number of nitrogen functional groups attached to an aromatic ring is 1. The number of nitrogens with one attached hydrogen (secondary N) is 1. The van der Waals surface area contributed by atoms with Gasteiger partial charge in [-0.15, -0.1) is 0 Å². The molecule has 0 aliphatic carbocycles. The zero-order chi connectivity index (χ0) is 15.3. The number of aryl methyl sites for hydroxylation is 1.